The Morgan fingerprint density at radius 3 is 2.69 bits per heavy atom. The Hall–Kier alpha value is -1.88. The second-order valence-corrected chi connectivity index (χ2v) is 3.57. The second-order valence-electron chi connectivity index (χ2n) is 3.57. The van der Waals surface area contributed by atoms with E-state index in [4.69, 9.17) is 11.5 Å². The van der Waals surface area contributed by atoms with Crippen LogP contribution in [0.3, 0.4) is 0 Å². The lowest BCUT2D eigenvalue weighted by Gasteiger charge is -2.08. The first-order valence-corrected chi connectivity index (χ1v) is 4.92. The van der Waals surface area contributed by atoms with Gasteiger partial charge in [0.25, 0.3) is 0 Å². The topological polar surface area (TPSA) is 98.2 Å². The van der Waals surface area contributed by atoms with Gasteiger partial charge >= 0.3 is 0 Å². The molecule has 0 spiro atoms. The van der Waals surface area contributed by atoms with Gasteiger partial charge in [-0.05, 0) is 24.6 Å². The average Bonchev–Trinajstić information content (AvgIpc) is 2.26. The summed E-state index contributed by atoms with van der Waals surface area (Å²) >= 11 is 0. The van der Waals surface area contributed by atoms with Crippen molar-refractivity contribution in [2.24, 2.45) is 11.5 Å². The molecule has 0 heterocycles. The first kappa shape index (κ1) is 12.2. The highest BCUT2D eigenvalue weighted by Gasteiger charge is 2.07. The number of carbonyl (C=O) groups is 2. The number of benzene rings is 1. The number of amides is 2. The molecule has 0 aromatic heterocycles. The summed E-state index contributed by atoms with van der Waals surface area (Å²) in [5.41, 5.74) is 11.8. The van der Waals surface area contributed by atoms with Crippen molar-refractivity contribution in [2.75, 3.05) is 0 Å². The summed E-state index contributed by atoms with van der Waals surface area (Å²) in [6.07, 6.45) is 0. The summed E-state index contributed by atoms with van der Waals surface area (Å²) in [6, 6.07) is 6.24. The third kappa shape index (κ3) is 3.36. The van der Waals surface area contributed by atoms with Gasteiger partial charge in [0.2, 0.25) is 11.8 Å². The largest absolute Gasteiger partial charge is 0.366 e. The number of hydrogen-bond acceptors (Lipinski definition) is 3. The molecule has 1 atom stereocenters. The maximum atomic E-state index is 11.2. The van der Waals surface area contributed by atoms with Gasteiger partial charge in [0, 0.05) is 12.1 Å². The van der Waals surface area contributed by atoms with E-state index in [1.807, 2.05) is 0 Å². The van der Waals surface area contributed by atoms with E-state index in [9.17, 15) is 9.59 Å². The van der Waals surface area contributed by atoms with Crippen LogP contribution >= 0.6 is 0 Å². The summed E-state index contributed by atoms with van der Waals surface area (Å²) in [5.74, 6) is -0.718. The Bertz CT molecular complexity index is 402. The highest BCUT2D eigenvalue weighted by Crippen LogP contribution is 2.04. The predicted octanol–water partition coefficient (Wildman–Crippen LogP) is -0.251. The fourth-order valence-corrected chi connectivity index (χ4v) is 1.18. The van der Waals surface area contributed by atoms with E-state index in [2.05, 4.69) is 5.32 Å². The Morgan fingerprint density at radius 1 is 1.44 bits per heavy atom. The zero-order valence-corrected chi connectivity index (χ0v) is 9.07. The summed E-state index contributed by atoms with van der Waals surface area (Å²) in [7, 11) is 0. The molecule has 5 nitrogen and oxygen atoms in total. The van der Waals surface area contributed by atoms with Crippen LogP contribution in [0.2, 0.25) is 0 Å². The van der Waals surface area contributed by atoms with Gasteiger partial charge in [-0.15, -0.1) is 0 Å². The molecule has 0 radical (unpaired) electrons. The Kier molecular flexibility index (Phi) is 4.02. The van der Waals surface area contributed by atoms with Crippen LogP contribution in [0.4, 0.5) is 0 Å². The molecule has 1 aromatic carbocycles. The minimum atomic E-state index is -0.542. The molecule has 2 amide bonds. The molecule has 1 aromatic rings. The van der Waals surface area contributed by atoms with Gasteiger partial charge in [0.15, 0.2) is 0 Å². The SMILES string of the molecule is C[C@@H](N)C(=O)NCc1cccc(C(N)=O)c1. The molecule has 0 saturated heterocycles. The van der Waals surface area contributed by atoms with Gasteiger partial charge in [-0.3, -0.25) is 9.59 Å². The number of nitrogens with one attached hydrogen (secondary N) is 1. The van der Waals surface area contributed by atoms with Crippen LogP contribution in [0.1, 0.15) is 22.8 Å². The lowest BCUT2D eigenvalue weighted by Crippen LogP contribution is -2.37. The van der Waals surface area contributed by atoms with Crippen LogP contribution in [0.15, 0.2) is 24.3 Å². The number of nitrogens with two attached hydrogens (primary N) is 2. The third-order valence-electron chi connectivity index (χ3n) is 2.09. The molecule has 0 aliphatic carbocycles. The zero-order chi connectivity index (χ0) is 12.1. The standard InChI is InChI=1S/C11H15N3O2/c1-7(12)11(16)14-6-8-3-2-4-9(5-8)10(13)15/h2-5,7H,6,12H2,1H3,(H2,13,15)(H,14,16)/t7-/m1/s1. The molecule has 1 rings (SSSR count). The maximum Gasteiger partial charge on any atom is 0.248 e. The van der Waals surface area contributed by atoms with Gasteiger partial charge in [-0.25, -0.2) is 0 Å². The normalized spacial score (nSPS) is 11.9. The van der Waals surface area contributed by atoms with Crippen molar-refractivity contribution in [1.82, 2.24) is 5.32 Å². The second kappa shape index (κ2) is 5.27. The molecule has 0 fully saturated rings. The highest BCUT2D eigenvalue weighted by atomic mass is 16.2. The molecule has 0 bridgehead atoms. The Morgan fingerprint density at radius 2 is 2.12 bits per heavy atom. The molecular formula is C11H15N3O2. The first-order chi connectivity index (χ1) is 7.50. The smallest absolute Gasteiger partial charge is 0.248 e. The zero-order valence-electron chi connectivity index (χ0n) is 9.07. The molecule has 16 heavy (non-hydrogen) atoms. The van der Waals surface area contributed by atoms with Crippen LogP contribution in [0.5, 0.6) is 0 Å². The number of hydrogen-bond donors (Lipinski definition) is 3. The van der Waals surface area contributed by atoms with Crippen molar-refractivity contribution in [3.05, 3.63) is 35.4 Å². The minimum absolute atomic E-state index is 0.232. The van der Waals surface area contributed by atoms with E-state index >= 15 is 0 Å². The molecule has 0 aliphatic rings. The van der Waals surface area contributed by atoms with E-state index in [1.165, 1.54) is 0 Å². The van der Waals surface area contributed by atoms with Crippen LogP contribution in [0, 0.1) is 0 Å². The summed E-state index contributed by atoms with van der Waals surface area (Å²) < 4.78 is 0. The van der Waals surface area contributed by atoms with E-state index < -0.39 is 11.9 Å². The van der Waals surface area contributed by atoms with Crippen molar-refractivity contribution in [3.8, 4) is 0 Å². The fourth-order valence-electron chi connectivity index (χ4n) is 1.18. The lowest BCUT2D eigenvalue weighted by atomic mass is 10.1. The molecule has 0 unspecified atom stereocenters. The van der Waals surface area contributed by atoms with Gasteiger partial charge in [-0.1, -0.05) is 12.1 Å². The van der Waals surface area contributed by atoms with E-state index in [0.717, 1.165) is 5.56 Å². The van der Waals surface area contributed by atoms with Crippen LogP contribution in [0.25, 0.3) is 0 Å². The molecule has 5 heteroatoms. The van der Waals surface area contributed by atoms with Crippen LogP contribution in [-0.4, -0.2) is 17.9 Å². The third-order valence-corrected chi connectivity index (χ3v) is 2.09. The average molecular weight is 221 g/mol. The van der Waals surface area contributed by atoms with Gasteiger partial charge < -0.3 is 16.8 Å². The van der Waals surface area contributed by atoms with E-state index in [1.54, 1.807) is 31.2 Å². The van der Waals surface area contributed by atoms with Crippen molar-refractivity contribution in [1.29, 1.82) is 0 Å². The van der Waals surface area contributed by atoms with Gasteiger partial charge in [0.05, 0.1) is 6.04 Å². The Balaban J connectivity index is 2.64. The van der Waals surface area contributed by atoms with Crippen molar-refractivity contribution in [3.63, 3.8) is 0 Å². The van der Waals surface area contributed by atoms with Crippen molar-refractivity contribution < 1.29 is 9.59 Å². The molecule has 0 saturated carbocycles. The molecule has 0 aliphatic heterocycles. The first-order valence-electron chi connectivity index (χ1n) is 4.92. The molecule has 86 valence electrons. The van der Waals surface area contributed by atoms with Crippen molar-refractivity contribution in [2.45, 2.75) is 19.5 Å². The monoisotopic (exact) mass is 221 g/mol. The van der Waals surface area contributed by atoms with E-state index in [0.29, 0.717) is 12.1 Å². The summed E-state index contributed by atoms with van der Waals surface area (Å²) in [6.45, 7) is 1.94. The number of rotatable bonds is 4. The number of primary amides is 1. The van der Waals surface area contributed by atoms with Crippen molar-refractivity contribution >= 4 is 11.8 Å². The van der Waals surface area contributed by atoms with E-state index in [-0.39, 0.29) is 5.91 Å². The maximum absolute atomic E-state index is 11.2. The van der Waals surface area contributed by atoms with Gasteiger partial charge in [0.1, 0.15) is 0 Å². The van der Waals surface area contributed by atoms with Crippen LogP contribution < -0.4 is 16.8 Å². The molecular weight excluding hydrogens is 206 g/mol. The van der Waals surface area contributed by atoms with Gasteiger partial charge in [-0.2, -0.15) is 0 Å². The number of carbonyl (C=O) groups excluding carboxylic acids is 2. The summed E-state index contributed by atoms with van der Waals surface area (Å²) in [4.78, 5) is 22.1. The fraction of sp³-hybridized carbons (Fsp3) is 0.273. The quantitative estimate of drug-likeness (QED) is 0.653. The Labute approximate surface area is 93.8 Å². The van der Waals surface area contributed by atoms with Crippen LogP contribution in [-0.2, 0) is 11.3 Å². The lowest BCUT2D eigenvalue weighted by molar-refractivity contribution is -0.122. The predicted molar refractivity (Wildman–Crippen MR) is 60.5 cm³/mol. The summed E-state index contributed by atoms with van der Waals surface area (Å²) in [5, 5.41) is 2.65. The molecule has 5 N–H and O–H groups in total. The minimum Gasteiger partial charge on any atom is -0.366 e. The highest BCUT2D eigenvalue weighted by molar-refractivity contribution is 5.92.